The first-order chi connectivity index (χ1) is 19.8. The molecule has 0 saturated carbocycles. The highest BCUT2D eigenvalue weighted by atomic mass is 16.3. The molecule has 0 radical (unpaired) electrons. The van der Waals surface area contributed by atoms with Gasteiger partial charge in [-0.25, -0.2) is 0 Å². The number of hydrogen-bond donors (Lipinski definition) is 1. The van der Waals surface area contributed by atoms with Gasteiger partial charge < -0.3 is 9.73 Å². The zero-order valence-corrected chi connectivity index (χ0v) is 22.0. The third kappa shape index (κ3) is 3.72. The van der Waals surface area contributed by atoms with Crippen LogP contribution in [0.1, 0.15) is 22.3 Å². The molecular weight excluding hydrogens is 486 g/mol. The first-order valence-electron chi connectivity index (χ1n) is 13.9. The molecule has 1 aliphatic carbocycles. The Bertz CT molecular complexity index is 2030. The van der Waals surface area contributed by atoms with E-state index in [2.05, 4.69) is 127 Å². The third-order valence-electron chi connectivity index (χ3n) is 8.19. The highest BCUT2D eigenvalue weighted by molar-refractivity contribution is 6.13. The number of furan rings is 1. The van der Waals surface area contributed by atoms with Crippen molar-refractivity contribution in [1.29, 1.82) is 0 Å². The monoisotopic (exact) mass is 513 g/mol. The molecule has 6 aromatic carbocycles. The van der Waals surface area contributed by atoms with Crippen molar-refractivity contribution < 1.29 is 4.42 Å². The van der Waals surface area contributed by atoms with Crippen LogP contribution in [-0.2, 0) is 12.8 Å². The summed E-state index contributed by atoms with van der Waals surface area (Å²) in [5.41, 5.74) is 14.5. The highest BCUT2D eigenvalue weighted by Gasteiger charge is 2.24. The number of para-hydroxylation sites is 2. The van der Waals surface area contributed by atoms with Crippen LogP contribution in [0.3, 0.4) is 0 Å². The van der Waals surface area contributed by atoms with E-state index >= 15 is 0 Å². The SMILES string of the molecule is c1ccc(Cc2ccc3c(c2Nc2ccccc2-c2cccc4oc5ccccc5c24)Cc2ccccc2-3)cc1. The Kier molecular flexibility index (Phi) is 5.31. The fourth-order valence-corrected chi connectivity index (χ4v) is 6.34. The van der Waals surface area contributed by atoms with Crippen LogP contribution in [0, 0.1) is 0 Å². The molecule has 1 aliphatic rings. The molecule has 0 spiro atoms. The number of rotatable bonds is 5. The van der Waals surface area contributed by atoms with Crippen LogP contribution >= 0.6 is 0 Å². The van der Waals surface area contributed by atoms with E-state index in [4.69, 9.17) is 4.42 Å². The smallest absolute Gasteiger partial charge is 0.136 e. The lowest BCUT2D eigenvalue weighted by Gasteiger charge is -2.20. The second-order valence-electron chi connectivity index (χ2n) is 10.6. The van der Waals surface area contributed by atoms with Gasteiger partial charge in [-0.05, 0) is 63.6 Å². The fourth-order valence-electron chi connectivity index (χ4n) is 6.34. The van der Waals surface area contributed by atoms with E-state index in [-0.39, 0.29) is 0 Å². The lowest BCUT2D eigenvalue weighted by molar-refractivity contribution is 0.669. The molecule has 0 aliphatic heterocycles. The van der Waals surface area contributed by atoms with E-state index in [9.17, 15) is 0 Å². The molecule has 40 heavy (non-hydrogen) atoms. The zero-order chi connectivity index (χ0) is 26.5. The predicted molar refractivity (Wildman–Crippen MR) is 166 cm³/mol. The minimum atomic E-state index is 0.872. The first-order valence-corrected chi connectivity index (χ1v) is 13.9. The molecule has 0 saturated heterocycles. The van der Waals surface area contributed by atoms with Gasteiger partial charge in [0.15, 0.2) is 0 Å². The van der Waals surface area contributed by atoms with Gasteiger partial charge in [0.2, 0.25) is 0 Å². The van der Waals surface area contributed by atoms with Crippen molar-refractivity contribution in [2.24, 2.45) is 0 Å². The second kappa shape index (κ2) is 9.29. The van der Waals surface area contributed by atoms with Crippen LogP contribution < -0.4 is 5.32 Å². The third-order valence-corrected chi connectivity index (χ3v) is 8.19. The average Bonchev–Trinajstić information content (AvgIpc) is 3.58. The van der Waals surface area contributed by atoms with Crippen LogP contribution in [0.5, 0.6) is 0 Å². The topological polar surface area (TPSA) is 25.2 Å². The minimum absolute atomic E-state index is 0.872. The van der Waals surface area contributed by atoms with Crippen LogP contribution in [0.4, 0.5) is 11.4 Å². The van der Waals surface area contributed by atoms with Crippen LogP contribution in [-0.4, -0.2) is 0 Å². The molecule has 0 amide bonds. The summed E-state index contributed by atoms with van der Waals surface area (Å²) in [6, 6.07) is 47.5. The Hall–Kier alpha value is -5.08. The number of anilines is 2. The molecule has 190 valence electrons. The summed E-state index contributed by atoms with van der Waals surface area (Å²) < 4.78 is 6.23. The Balaban J connectivity index is 1.30. The number of fused-ring (bicyclic) bond motifs is 6. The van der Waals surface area contributed by atoms with E-state index in [1.54, 1.807) is 0 Å². The average molecular weight is 514 g/mol. The molecule has 0 fully saturated rings. The second-order valence-corrected chi connectivity index (χ2v) is 10.6. The van der Waals surface area contributed by atoms with Gasteiger partial charge in [0.05, 0.1) is 0 Å². The maximum absolute atomic E-state index is 6.23. The van der Waals surface area contributed by atoms with Gasteiger partial charge in [0, 0.05) is 34.1 Å². The molecule has 8 rings (SSSR count). The largest absolute Gasteiger partial charge is 0.456 e. The van der Waals surface area contributed by atoms with E-state index in [0.717, 1.165) is 40.5 Å². The van der Waals surface area contributed by atoms with Gasteiger partial charge in [-0.15, -0.1) is 0 Å². The van der Waals surface area contributed by atoms with Crippen molar-refractivity contribution in [2.75, 3.05) is 5.32 Å². The van der Waals surface area contributed by atoms with Gasteiger partial charge in [-0.3, -0.25) is 0 Å². The molecule has 1 heterocycles. The van der Waals surface area contributed by atoms with Gasteiger partial charge in [0.1, 0.15) is 11.2 Å². The Morgan fingerprint density at radius 1 is 0.550 bits per heavy atom. The standard InChI is InChI=1S/C38H27NO/c1-2-11-25(12-3-1)23-27-21-22-29-28-14-5-4-13-26(28)24-33(29)38(27)39-34-18-8-6-15-30(34)31-17-10-20-36-37(31)32-16-7-9-19-35(32)40-36/h1-22,39H,23-24H2. The van der Waals surface area contributed by atoms with Crippen LogP contribution in [0.25, 0.3) is 44.2 Å². The zero-order valence-electron chi connectivity index (χ0n) is 22.0. The van der Waals surface area contributed by atoms with Crippen LogP contribution in [0.2, 0.25) is 0 Å². The summed E-state index contributed by atoms with van der Waals surface area (Å²) in [6.45, 7) is 0. The summed E-state index contributed by atoms with van der Waals surface area (Å²) in [6.07, 6.45) is 1.80. The van der Waals surface area contributed by atoms with Crippen molar-refractivity contribution in [2.45, 2.75) is 12.8 Å². The molecule has 2 nitrogen and oxygen atoms in total. The van der Waals surface area contributed by atoms with Crippen molar-refractivity contribution >= 4 is 33.3 Å². The van der Waals surface area contributed by atoms with Crippen molar-refractivity contribution in [3.05, 3.63) is 156 Å². The van der Waals surface area contributed by atoms with Gasteiger partial charge in [-0.1, -0.05) is 115 Å². The van der Waals surface area contributed by atoms with Gasteiger partial charge >= 0.3 is 0 Å². The molecular formula is C38H27NO. The normalized spacial score (nSPS) is 12.0. The van der Waals surface area contributed by atoms with Crippen molar-refractivity contribution in [3.63, 3.8) is 0 Å². The molecule has 0 bridgehead atoms. The summed E-state index contributed by atoms with van der Waals surface area (Å²) in [4.78, 5) is 0. The quantitative estimate of drug-likeness (QED) is 0.248. The van der Waals surface area contributed by atoms with E-state index in [1.165, 1.54) is 50.2 Å². The predicted octanol–water partition coefficient (Wildman–Crippen LogP) is 10.2. The number of hydrogen-bond acceptors (Lipinski definition) is 2. The summed E-state index contributed by atoms with van der Waals surface area (Å²) >= 11 is 0. The maximum atomic E-state index is 6.23. The van der Waals surface area contributed by atoms with E-state index < -0.39 is 0 Å². The summed E-state index contributed by atoms with van der Waals surface area (Å²) in [7, 11) is 0. The van der Waals surface area contributed by atoms with E-state index in [1.807, 2.05) is 12.1 Å². The van der Waals surface area contributed by atoms with Gasteiger partial charge in [-0.2, -0.15) is 0 Å². The molecule has 1 N–H and O–H groups in total. The number of benzene rings is 6. The molecule has 0 atom stereocenters. The Labute approximate surface area is 233 Å². The lowest BCUT2D eigenvalue weighted by atomic mass is 9.94. The molecule has 2 heteroatoms. The first kappa shape index (κ1) is 22.9. The molecule has 1 aromatic heterocycles. The maximum Gasteiger partial charge on any atom is 0.136 e. The fraction of sp³-hybridized carbons (Fsp3) is 0.0526. The van der Waals surface area contributed by atoms with Crippen molar-refractivity contribution in [3.8, 4) is 22.3 Å². The lowest BCUT2D eigenvalue weighted by Crippen LogP contribution is -2.03. The van der Waals surface area contributed by atoms with Crippen molar-refractivity contribution in [1.82, 2.24) is 0 Å². The summed E-state index contributed by atoms with van der Waals surface area (Å²) in [5, 5.41) is 6.27. The molecule has 0 unspecified atom stereocenters. The van der Waals surface area contributed by atoms with E-state index in [0.29, 0.717) is 0 Å². The number of nitrogens with one attached hydrogen (secondary N) is 1. The van der Waals surface area contributed by atoms with Crippen LogP contribution in [0.15, 0.2) is 138 Å². The Morgan fingerprint density at radius 2 is 1.27 bits per heavy atom. The molecule has 7 aromatic rings. The Morgan fingerprint density at radius 3 is 2.20 bits per heavy atom. The van der Waals surface area contributed by atoms with Gasteiger partial charge in [0.25, 0.3) is 0 Å². The highest BCUT2D eigenvalue weighted by Crippen LogP contribution is 2.45. The minimum Gasteiger partial charge on any atom is -0.456 e. The summed E-state index contributed by atoms with van der Waals surface area (Å²) in [5.74, 6) is 0.